The van der Waals surface area contributed by atoms with Crippen LogP contribution in [0.25, 0.3) is 0 Å². The molecule has 2 N–H and O–H groups in total. The molecule has 0 radical (unpaired) electrons. The number of rotatable bonds is 3. The summed E-state index contributed by atoms with van der Waals surface area (Å²) in [6.45, 7) is 8.38. The number of hydrogen-bond acceptors (Lipinski definition) is 5. The van der Waals surface area contributed by atoms with Gasteiger partial charge < -0.3 is 19.7 Å². The van der Waals surface area contributed by atoms with E-state index >= 15 is 0 Å². The summed E-state index contributed by atoms with van der Waals surface area (Å²) in [4.78, 5) is 15.1. The summed E-state index contributed by atoms with van der Waals surface area (Å²) in [5.41, 5.74) is -1.40. The highest BCUT2D eigenvalue weighted by Crippen LogP contribution is 2.65. The zero-order valence-electron chi connectivity index (χ0n) is 16.2. The molecule has 6 nitrogen and oxygen atoms in total. The maximum atomic E-state index is 13.3. The van der Waals surface area contributed by atoms with E-state index in [0.29, 0.717) is 0 Å². The maximum Gasteiger partial charge on any atom is 0.234 e. The summed E-state index contributed by atoms with van der Waals surface area (Å²) in [6, 6.07) is 0. The van der Waals surface area contributed by atoms with Crippen LogP contribution in [0.2, 0.25) is 0 Å². The first kappa shape index (κ1) is 18.4. The van der Waals surface area contributed by atoms with Crippen molar-refractivity contribution in [3.05, 3.63) is 12.2 Å². The van der Waals surface area contributed by atoms with Crippen molar-refractivity contribution in [1.29, 1.82) is 0 Å². The number of hydrogen-bond donors (Lipinski definition) is 2. The molecule has 0 unspecified atom stereocenters. The molecule has 0 saturated carbocycles. The summed E-state index contributed by atoms with van der Waals surface area (Å²) in [7, 11) is 0. The van der Waals surface area contributed by atoms with Crippen LogP contribution in [0.4, 0.5) is 0 Å². The minimum atomic E-state index is -1.59. The van der Waals surface area contributed by atoms with E-state index in [1.165, 1.54) is 0 Å². The largest absolute Gasteiger partial charge is 0.396 e. The third-order valence-corrected chi connectivity index (χ3v) is 6.83. The van der Waals surface area contributed by atoms with Crippen LogP contribution < -0.4 is 0 Å². The highest BCUT2D eigenvalue weighted by molar-refractivity contribution is 5.86. The number of aliphatic hydroxyl groups excluding tert-OH is 1. The van der Waals surface area contributed by atoms with Crippen molar-refractivity contribution in [3.63, 3.8) is 0 Å². The minimum absolute atomic E-state index is 0.158. The molecule has 1 amide bonds. The predicted octanol–water partition coefficient (Wildman–Crippen LogP) is 1.80. The van der Waals surface area contributed by atoms with E-state index < -0.39 is 23.5 Å². The van der Waals surface area contributed by atoms with E-state index in [1.54, 1.807) is 4.90 Å². The van der Waals surface area contributed by atoms with E-state index in [9.17, 15) is 15.0 Å². The number of carbonyl (C=O) groups excluding carboxylic acids is 1. The van der Waals surface area contributed by atoms with E-state index in [4.69, 9.17) is 9.47 Å². The van der Waals surface area contributed by atoms with Crippen LogP contribution in [0.15, 0.2) is 12.2 Å². The Balaban J connectivity index is 1.80. The van der Waals surface area contributed by atoms with E-state index in [1.807, 2.05) is 20.8 Å². The van der Waals surface area contributed by atoms with Gasteiger partial charge in [-0.3, -0.25) is 9.69 Å². The molecule has 3 saturated heterocycles. The second-order valence-corrected chi connectivity index (χ2v) is 9.72. The molecule has 26 heavy (non-hydrogen) atoms. The molecule has 146 valence electrons. The van der Waals surface area contributed by atoms with Gasteiger partial charge in [-0.05, 0) is 25.7 Å². The second kappa shape index (κ2) is 5.53. The van der Waals surface area contributed by atoms with Crippen molar-refractivity contribution in [2.75, 3.05) is 13.2 Å². The van der Waals surface area contributed by atoms with Crippen molar-refractivity contribution < 1.29 is 24.5 Å². The SMILES string of the molecule is CC(C)(C)[C@@H]1OC[C@@]23[C@@H]([C@]4(C)C=CCCC4)O[C@]2(O)[C@@H](CCO)C(=O)N13. The minimum Gasteiger partial charge on any atom is -0.396 e. The zero-order chi connectivity index (χ0) is 19.0. The van der Waals surface area contributed by atoms with Crippen LogP contribution >= 0.6 is 0 Å². The molecule has 4 aliphatic rings. The lowest BCUT2D eigenvalue weighted by Crippen LogP contribution is -2.81. The molecule has 0 bridgehead atoms. The molecule has 1 aliphatic carbocycles. The van der Waals surface area contributed by atoms with Gasteiger partial charge in [0, 0.05) is 17.4 Å². The Labute approximate surface area is 155 Å². The molecule has 0 aromatic rings. The van der Waals surface area contributed by atoms with Crippen LogP contribution in [-0.2, 0) is 14.3 Å². The molecule has 6 atom stereocenters. The Morgan fingerprint density at radius 3 is 2.69 bits per heavy atom. The number of amides is 1. The van der Waals surface area contributed by atoms with Crippen molar-refractivity contribution >= 4 is 5.91 Å². The quantitative estimate of drug-likeness (QED) is 0.746. The molecule has 6 heteroatoms. The van der Waals surface area contributed by atoms with Gasteiger partial charge in [0.15, 0.2) is 0 Å². The van der Waals surface area contributed by atoms with Gasteiger partial charge in [0.05, 0.1) is 12.5 Å². The number of ether oxygens (including phenoxy) is 2. The fourth-order valence-electron chi connectivity index (χ4n) is 5.60. The summed E-state index contributed by atoms with van der Waals surface area (Å²) < 4.78 is 12.3. The molecule has 3 aliphatic heterocycles. The molecule has 3 fully saturated rings. The van der Waals surface area contributed by atoms with E-state index in [0.717, 1.165) is 19.3 Å². The first-order valence-corrected chi connectivity index (χ1v) is 9.75. The third-order valence-electron chi connectivity index (χ3n) is 6.83. The van der Waals surface area contributed by atoms with Gasteiger partial charge in [0.2, 0.25) is 11.7 Å². The first-order valence-electron chi connectivity index (χ1n) is 9.75. The van der Waals surface area contributed by atoms with Crippen LogP contribution in [0.5, 0.6) is 0 Å². The topological polar surface area (TPSA) is 79.2 Å². The Kier molecular flexibility index (Phi) is 3.92. The van der Waals surface area contributed by atoms with Crippen molar-refractivity contribution in [2.45, 2.75) is 77.0 Å². The fourth-order valence-corrected chi connectivity index (χ4v) is 5.60. The molecule has 4 rings (SSSR count). The lowest BCUT2D eigenvalue weighted by molar-refractivity contribution is -0.412. The first-order chi connectivity index (χ1) is 12.1. The highest BCUT2D eigenvalue weighted by Gasteiger charge is 2.85. The Morgan fingerprint density at radius 2 is 2.12 bits per heavy atom. The monoisotopic (exact) mass is 365 g/mol. The van der Waals surface area contributed by atoms with Crippen molar-refractivity contribution in [3.8, 4) is 0 Å². The summed E-state index contributed by atoms with van der Waals surface area (Å²) in [5.74, 6) is -2.50. The third kappa shape index (κ3) is 2.04. The van der Waals surface area contributed by atoms with Gasteiger partial charge in [-0.2, -0.15) is 0 Å². The highest BCUT2D eigenvalue weighted by atomic mass is 16.7. The molecular formula is C20H31NO5. The standard InChI is InChI=1S/C20H31NO5/c1-17(2,3)16-21-14(23)13(8-11-22)20(24)19(21,12-25-16)15(26-20)18(4)9-6-5-7-10-18/h6,9,13,15-16,22,24H,5,7-8,10-12H2,1-4H3/t13-,15+,16-,18+,19+,20+/m0/s1. The number of nitrogens with zero attached hydrogens (tertiary/aromatic N) is 1. The zero-order valence-corrected chi connectivity index (χ0v) is 16.2. The summed E-state index contributed by atoms with van der Waals surface area (Å²) >= 11 is 0. The van der Waals surface area contributed by atoms with Crippen molar-refractivity contribution in [2.24, 2.45) is 16.7 Å². The van der Waals surface area contributed by atoms with Gasteiger partial charge in [0.1, 0.15) is 17.9 Å². The summed E-state index contributed by atoms with van der Waals surface area (Å²) in [5, 5.41) is 20.9. The Hall–Kier alpha value is -0.950. The predicted molar refractivity (Wildman–Crippen MR) is 94.9 cm³/mol. The van der Waals surface area contributed by atoms with Crippen LogP contribution in [0.3, 0.4) is 0 Å². The molecule has 0 aromatic heterocycles. The van der Waals surface area contributed by atoms with Crippen LogP contribution in [0.1, 0.15) is 53.4 Å². The molecule has 1 spiro atoms. The van der Waals surface area contributed by atoms with Gasteiger partial charge in [0.25, 0.3) is 0 Å². The van der Waals surface area contributed by atoms with Gasteiger partial charge in [-0.1, -0.05) is 39.8 Å². The average molecular weight is 365 g/mol. The van der Waals surface area contributed by atoms with E-state index in [-0.39, 0.29) is 42.5 Å². The van der Waals surface area contributed by atoms with Gasteiger partial charge in [-0.25, -0.2) is 0 Å². The lowest BCUT2D eigenvalue weighted by atomic mass is 9.61. The maximum absolute atomic E-state index is 13.3. The summed E-state index contributed by atoms with van der Waals surface area (Å²) in [6.07, 6.45) is 6.91. The normalized spacial score (nSPS) is 47.7. The Morgan fingerprint density at radius 1 is 1.38 bits per heavy atom. The lowest BCUT2D eigenvalue weighted by Gasteiger charge is -2.62. The fraction of sp³-hybridized carbons (Fsp3) is 0.850. The number of aliphatic hydroxyl groups is 2. The molecule has 0 aromatic carbocycles. The van der Waals surface area contributed by atoms with E-state index in [2.05, 4.69) is 19.1 Å². The number of allylic oxidation sites excluding steroid dienone is 1. The second-order valence-electron chi connectivity index (χ2n) is 9.72. The van der Waals surface area contributed by atoms with Gasteiger partial charge >= 0.3 is 0 Å². The Bertz CT molecular complexity index is 643. The van der Waals surface area contributed by atoms with Crippen LogP contribution in [0, 0.1) is 16.7 Å². The molecular weight excluding hydrogens is 334 g/mol. The molecule has 3 heterocycles. The average Bonchev–Trinajstić information content (AvgIpc) is 3.05. The smallest absolute Gasteiger partial charge is 0.234 e. The van der Waals surface area contributed by atoms with Crippen molar-refractivity contribution in [1.82, 2.24) is 4.90 Å². The number of carbonyl (C=O) groups is 1. The van der Waals surface area contributed by atoms with Gasteiger partial charge in [-0.15, -0.1) is 0 Å². The van der Waals surface area contributed by atoms with Crippen LogP contribution in [-0.4, -0.2) is 57.9 Å².